The highest BCUT2D eigenvalue weighted by Gasteiger charge is 2.37. The number of hydrogen-bond donors (Lipinski definition) is 1. The van der Waals surface area contributed by atoms with Crippen LogP contribution in [0.4, 0.5) is 4.79 Å². The summed E-state index contributed by atoms with van der Waals surface area (Å²) in [6.07, 6.45) is -0.796. The van der Waals surface area contributed by atoms with Crippen molar-refractivity contribution >= 4 is 36.8 Å². The van der Waals surface area contributed by atoms with Crippen LogP contribution in [0.5, 0.6) is 0 Å². The predicted molar refractivity (Wildman–Crippen MR) is 165 cm³/mol. The van der Waals surface area contributed by atoms with Crippen LogP contribution in [-0.4, -0.2) is 90.9 Å². The summed E-state index contributed by atoms with van der Waals surface area (Å²) in [6.45, 7) is 6.54. The van der Waals surface area contributed by atoms with E-state index in [1.807, 2.05) is 53.2 Å². The van der Waals surface area contributed by atoms with E-state index in [1.165, 1.54) is 21.1 Å². The first kappa shape index (κ1) is 32.3. The monoisotopic (exact) mass is 628 g/mol. The largest absolute Gasteiger partial charge is 0.450 e. The molecule has 0 spiro atoms. The molecule has 3 aromatic rings. The van der Waals surface area contributed by atoms with Crippen molar-refractivity contribution in [3.05, 3.63) is 65.0 Å². The summed E-state index contributed by atoms with van der Waals surface area (Å²) in [5, 5.41) is 6.71. The molecule has 1 aliphatic rings. The molecule has 11 nitrogen and oxygen atoms in total. The third-order valence-corrected chi connectivity index (χ3v) is 9.56. The number of aromatic nitrogens is 1. The predicted octanol–water partition coefficient (Wildman–Crippen LogP) is 5.14. The highest BCUT2D eigenvalue weighted by molar-refractivity contribution is 7.54. The topological polar surface area (TPSA) is 127 Å². The Bertz CT molecular complexity index is 1420. The fraction of sp³-hybridized carbons (Fsp3) is 0.400. The second-order valence-electron chi connectivity index (χ2n) is 9.67. The van der Waals surface area contributed by atoms with Crippen LogP contribution in [0.1, 0.15) is 31.3 Å². The van der Waals surface area contributed by atoms with E-state index < -0.39 is 31.5 Å². The van der Waals surface area contributed by atoms with E-state index in [4.69, 9.17) is 13.8 Å². The van der Waals surface area contributed by atoms with Crippen molar-refractivity contribution in [3.8, 4) is 22.4 Å². The normalized spacial score (nSPS) is 14.3. The third-order valence-electron chi connectivity index (χ3n) is 6.76. The number of rotatable bonds is 12. The van der Waals surface area contributed by atoms with Crippen LogP contribution in [0.2, 0.25) is 0 Å². The van der Waals surface area contributed by atoms with Crippen LogP contribution >= 0.6 is 18.9 Å². The molecule has 1 unspecified atom stereocenters. The van der Waals surface area contributed by atoms with E-state index in [9.17, 15) is 18.9 Å². The summed E-state index contributed by atoms with van der Waals surface area (Å²) in [5.41, 5.74) is 3.27. The molecule has 0 bridgehead atoms. The Balaban J connectivity index is 1.63. The van der Waals surface area contributed by atoms with Gasteiger partial charge in [-0.2, -0.15) is 11.3 Å². The number of carbonyl (C=O) groups is 3. The summed E-state index contributed by atoms with van der Waals surface area (Å²) < 4.78 is 29.6. The smallest absolute Gasteiger partial charge is 0.409 e. The molecule has 2 aromatic heterocycles. The Labute approximate surface area is 255 Å². The molecular formula is C30H37N4O7PS. The maximum absolute atomic E-state index is 13.8. The van der Waals surface area contributed by atoms with Gasteiger partial charge in [-0.15, -0.1) is 0 Å². The molecule has 1 atom stereocenters. The molecule has 1 N–H and O–H groups in total. The number of pyridine rings is 1. The number of amides is 3. The summed E-state index contributed by atoms with van der Waals surface area (Å²) in [5.74, 6) is -1.05. The molecule has 1 aliphatic heterocycles. The molecular weight excluding hydrogens is 591 g/mol. The molecule has 1 aromatic carbocycles. The number of carbonyl (C=O) groups excluding carboxylic acids is 3. The number of piperazine rings is 1. The van der Waals surface area contributed by atoms with Crippen LogP contribution < -0.4 is 5.32 Å². The summed E-state index contributed by atoms with van der Waals surface area (Å²) >= 11 is 1.54. The second-order valence-corrected chi connectivity index (χ2v) is 12.6. The lowest BCUT2D eigenvalue weighted by atomic mass is 10.0. The van der Waals surface area contributed by atoms with Crippen LogP contribution in [-0.2, 0) is 23.1 Å². The van der Waals surface area contributed by atoms with Crippen molar-refractivity contribution in [2.75, 3.05) is 52.2 Å². The van der Waals surface area contributed by atoms with Crippen LogP contribution in [0.15, 0.2) is 59.3 Å². The highest BCUT2D eigenvalue weighted by atomic mass is 32.1. The number of nitrogens with zero attached hydrogens (tertiary/aromatic N) is 3. The minimum absolute atomic E-state index is 0.106. The molecule has 1 fully saturated rings. The molecule has 3 amide bonds. The molecule has 1 saturated heterocycles. The van der Waals surface area contributed by atoms with Gasteiger partial charge in [0.1, 0.15) is 11.7 Å². The van der Waals surface area contributed by atoms with E-state index in [1.54, 1.807) is 26.8 Å². The van der Waals surface area contributed by atoms with Gasteiger partial charge in [-0.3, -0.25) is 14.2 Å². The Hall–Kier alpha value is -3.57. The molecule has 13 heteroatoms. The van der Waals surface area contributed by atoms with E-state index in [0.717, 1.165) is 16.7 Å². The standard InChI is InChI=1S/C30H37N4O7PS/c1-4-39-30(37)34-15-13-33(14-16-34)29(36)27(20-42(38,40-5-2)41-6-3)32-28(35)26-19-24(23-12-17-43-21-23)18-25(31-26)22-10-8-7-9-11-22/h7-12,17-19,21,27H,4-6,13-16,20H2,1-3H3,(H,32,35). The zero-order valence-electron chi connectivity index (χ0n) is 24.6. The number of benzene rings is 1. The van der Waals surface area contributed by atoms with Crippen molar-refractivity contribution in [1.82, 2.24) is 20.1 Å². The number of thiophene rings is 1. The van der Waals surface area contributed by atoms with Crippen LogP contribution in [0, 0.1) is 0 Å². The molecule has 0 saturated carbocycles. The number of nitrogens with one attached hydrogen (secondary N) is 1. The van der Waals surface area contributed by atoms with Crippen LogP contribution in [0.3, 0.4) is 0 Å². The fourth-order valence-electron chi connectivity index (χ4n) is 4.72. The SMILES string of the molecule is CCOC(=O)N1CCN(C(=O)C(CP(=O)(OCC)OCC)NC(=O)c2cc(-c3ccsc3)cc(-c3ccccc3)n2)CC1. The van der Waals surface area contributed by atoms with Gasteiger partial charge in [0, 0.05) is 31.7 Å². The first-order chi connectivity index (χ1) is 20.8. The zero-order valence-corrected chi connectivity index (χ0v) is 26.3. The van der Waals surface area contributed by atoms with Gasteiger partial charge in [0.2, 0.25) is 5.91 Å². The van der Waals surface area contributed by atoms with Gasteiger partial charge in [0.05, 0.1) is 31.7 Å². The fourth-order valence-corrected chi connectivity index (χ4v) is 7.15. The molecule has 4 rings (SSSR count). The minimum atomic E-state index is -3.74. The minimum Gasteiger partial charge on any atom is -0.450 e. The summed E-state index contributed by atoms with van der Waals surface area (Å²) in [6, 6.07) is 13.8. The van der Waals surface area contributed by atoms with Crippen molar-refractivity contribution in [1.29, 1.82) is 0 Å². The number of hydrogen-bond acceptors (Lipinski definition) is 9. The first-order valence-corrected chi connectivity index (χ1v) is 16.9. The molecule has 0 radical (unpaired) electrons. The van der Waals surface area contributed by atoms with E-state index in [-0.39, 0.29) is 57.9 Å². The van der Waals surface area contributed by atoms with Gasteiger partial charge in [0.15, 0.2) is 0 Å². The van der Waals surface area contributed by atoms with Gasteiger partial charge in [-0.05, 0) is 60.9 Å². The Kier molecular flexibility index (Phi) is 11.5. The Morgan fingerprint density at radius 2 is 1.58 bits per heavy atom. The molecule has 43 heavy (non-hydrogen) atoms. The maximum Gasteiger partial charge on any atom is 0.409 e. The molecule has 230 valence electrons. The molecule has 3 heterocycles. The van der Waals surface area contributed by atoms with Gasteiger partial charge >= 0.3 is 13.7 Å². The van der Waals surface area contributed by atoms with Crippen molar-refractivity contribution in [2.45, 2.75) is 26.8 Å². The second kappa shape index (κ2) is 15.2. The van der Waals surface area contributed by atoms with E-state index in [2.05, 4.69) is 10.3 Å². The van der Waals surface area contributed by atoms with Crippen molar-refractivity contribution in [2.24, 2.45) is 0 Å². The number of ether oxygens (including phenoxy) is 1. The van der Waals surface area contributed by atoms with Crippen LogP contribution in [0.25, 0.3) is 22.4 Å². The lowest BCUT2D eigenvalue weighted by Gasteiger charge is -2.36. The van der Waals surface area contributed by atoms with Gasteiger partial charge < -0.3 is 28.9 Å². The highest BCUT2D eigenvalue weighted by Crippen LogP contribution is 2.48. The Morgan fingerprint density at radius 3 is 2.19 bits per heavy atom. The first-order valence-electron chi connectivity index (χ1n) is 14.3. The quantitative estimate of drug-likeness (QED) is 0.273. The third kappa shape index (κ3) is 8.51. The van der Waals surface area contributed by atoms with Gasteiger partial charge in [0.25, 0.3) is 5.91 Å². The Morgan fingerprint density at radius 1 is 0.907 bits per heavy atom. The van der Waals surface area contributed by atoms with E-state index >= 15 is 0 Å². The zero-order chi connectivity index (χ0) is 30.8. The van der Waals surface area contributed by atoms with Gasteiger partial charge in [-0.1, -0.05) is 30.3 Å². The molecule has 0 aliphatic carbocycles. The van der Waals surface area contributed by atoms with Crippen molar-refractivity contribution in [3.63, 3.8) is 0 Å². The maximum atomic E-state index is 13.8. The average molecular weight is 629 g/mol. The summed E-state index contributed by atoms with van der Waals surface area (Å²) in [7, 11) is -3.74. The average Bonchev–Trinajstić information content (AvgIpc) is 3.56. The van der Waals surface area contributed by atoms with Gasteiger partial charge in [-0.25, -0.2) is 9.78 Å². The van der Waals surface area contributed by atoms with Crippen molar-refractivity contribution < 1.29 is 32.7 Å². The lowest BCUT2D eigenvalue weighted by molar-refractivity contribution is -0.134. The summed E-state index contributed by atoms with van der Waals surface area (Å²) in [4.78, 5) is 47.4. The lowest BCUT2D eigenvalue weighted by Crippen LogP contribution is -2.57. The van der Waals surface area contributed by atoms with E-state index in [0.29, 0.717) is 5.69 Å².